The summed E-state index contributed by atoms with van der Waals surface area (Å²) in [6, 6.07) is 0.763. The molecule has 92 valence electrons. The number of nitrogens with zero attached hydrogens (tertiary/aromatic N) is 2. The molecule has 1 aliphatic rings. The van der Waals surface area contributed by atoms with Gasteiger partial charge in [0.2, 0.25) is 0 Å². The van der Waals surface area contributed by atoms with Gasteiger partial charge in [-0.2, -0.15) is 0 Å². The summed E-state index contributed by atoms with van der Waals surface area (Å²) in [5, 5.41) is 8.94. The van der Waals surface area contributed by atoms with E-state index < -0.39 is 12.0 Å². The molecule has 2 rings (SSSR count). The highest BCUT2D eigenvalue weighted by Crippen LogP contribution is 2.28. The number of amides is 2. The van der Waals surface area contributed by atoms with Crippen molar-refractivity contribution in [1.29, 1.82) is 0 Å². The Kier molecular flexibility index (Phi) is 2.79. The predicted molar refractivity (Wildman–Crippen MR) is 60.5 cm³/mol. The van der Waals surface area contributed by atoms with Gasteiger partial charge in [0, 0.05) is 26.0 Å². The third kappa shape index (κ3) is 1.86. The second kappa shape index (κ2) is 4.12. The molecular formula is C11H15N3O3. The first-order chi connectivity index (χ1) is 8.02. The Morgan fingerprint density at radius 2 is 2.35 bits per heavy atom. The summed E-state index contributed by atoms with van der Waals surface area (Å²) < 4.78 is 0. The van der Waals surface area contributed by atoms with Gasteiger partial charge in [0.05, 0.1) is 6.04 Å². The molecule has 6 nitrogen and oxygen atoms in total. The van der Waals surface area contributed by atoms with E-state index in [1.165, 1.54) is 11.8 Å². The van der Waals surface area contributed by atoms with Gasteiger partial charge in [0.25, 0.3) is 0 Å². The molecule has 1 aliphatic heterocycles. The van der Waals surface area contributed by atoms with E-state index in [0.717, 1.165) is 5.56 Å². The molecule has 2 atom stereocenters. The third-order valence-corrected chi connectivity index (χ3v) is 3.22. The fraction of sp³-hybridized carbons (Fsp3) is 0.455. The molecule has 0 spiro atoms. The molecule has 0 bridgehead atoms. The van der Waals surface area contributed by atoms with Gasteiger partial charge in [-0.15, -0.1) is 0 Å². The van der Waals surface area contributed by atoms with Crippen molar-refractivity contribution in [3.05, 3.63) is 24.0 Å². The van der Waals surface area contributed by atoms with E-state index in [0.29, 0.717) is 6.54 Å². The van der Waals surface area contributed by atoms with Crippen LogP contribution in [-0.4, -0.2) is 51.5 Å². The van der Waals surface area contributed by atoms with E-state index in [9.17, 15) is 9.59 Å². The molecule has 1 fully saturated rings. The van der Waals surface area contributed by atoms with Crippen LogP contribution >= 0.6 is 0 Å². The lowest BCUT2D eigenvalue weighted by molar-refractivity contribution is -0.141. The van der Waals surface area contributed by atoms with Gasteiger partial charge in [-0.1, -0.05) is 0 Å². The summed E-state index contributed by atoms with van der Waals surface area (Å²) >= 11 is 0. The molecule has 2 amide bonds. The molecule has 2 heterocycles. The maximum absolute atomic E-state index is 11.9. The van der Waals surface area contributed by atoms with Crippen molar-refractivity contribution in [1.82, 2.24) is 14.8 Å². The molecule has 17 heavy (non-hydrogen) atoms. The standard InChI is InChI=1S/C11H15N3O3/c1-7(10(15)16)14-6-9(13(2)11(14)17)8-3-4-12-5-8/h3-5,7,9,12H,6H2,1-2H3,(H,15,16). The molecule has 6 heteroatoms. The molecule has 2 N–H and O–H groups in total. The van der Waals surface area contributed by atoms with Crippen molar-refractivity contribution in [2.75, 3.05) is 13.6 Å². The highest BCUT2D eigenvalue weighted by Gasteiger charge is 2.40. The minimum atomic E-state index is -0.985. The van der Waals surface area contributed by atoms with Gasteiger partial charge >= 0.3 is 12.0 Å². The number of rotatable bonds is 3. The fourth-order valence-corrected chi connectivity index (χ4v) is 2.05. The van der Waals surface area contributed by atoms with Gasteiger partial charge in [-0.3, -0.25) is 0 Å². The second-order valence-electron chi connectivity index (χ2n) is 4.22. The average Bonchev–Trinajstić information content (AvgIpc) is 2.89. The van der Waals surface area contributed by atoms with E-state index in [4.69, 9.17) is 5.11 Å². The molecular weight excluding hydrogens is 222 g/mol. The summed E-state index contributed by atoms with van der Waals surface area (Å²) in [6.07, 6.45) is 3.61. The van der Waals surface area contributed by atoms with Gasteiger partial charge in [-0.25, -0.2) is 9.59 Å². The number of urea groups is 1. The highest BCUT2D eigenvalue weighted by atomic mass is 16.4. The normalized spacial score (nSPS) is 22.0. The summed E-state index contributed by atoms with van der Waals surface area (Å²) in [7, 11) is 1.69. The number of carbonyl (C=O) groups excluding carboxylic acids is 1. The first kappa shape index (κ1) is 11.5. The SMILES string of the molecule is CC(C(=O)O)N1CC(c2cc[nH]c2)N(C)C1=O. The minimum Gasteiger partial charge on any atom is -0.480 e. The van der Waals surface area contributed by atoms with Crippen molar-refractivity contribution in [2.45, 2.75) is 19.0 Å². The second-order valence-corrected chi connectivity index (χ2v) is 4.22. The lowest BCUT2D eigenvalue weighted by Crippen LogP contribution is -2.41. The predicted octanol–water partition coefficient (Wildman–Crippen LogP) is 0.896. The number of likely N-dealkylation sites (N-methyl/N-ethyl adjacent to an activating group) is 1. The monoisotopic (exact) mass is 237 g/mol. The molecule has 1 aromatic heterocycles. The topological polar surface area (TPSA) is 76.6 Å². The van der Waals surface area contributed by atoms with Gasteiger partial charge in [-0.05, 0) is 18.6 Å². The molecule has 1 saturated heterocycles. The molecule has 0 radical (unpaired) electrons. The van der Waals surface area contributed by atoms with Gasteiger partial charge in [0.1, 0.15) is 6.04 Å². The highest BCUT2D eigenvalue weighted by molar-refractivity contribution is 5.84. The quantitative estimate of drug-likeness (QED) is 0.819. The fourth-order valence-electron chi connectivity index (χ4n) is 2.05. The van der Waals surface area contributed by atoms with Crippen molar-refractivity contribution in [2.24, 2.45) is 0 Å². The lowest BCUT2D eigenvalue weighted by atomic mass is 10.1. The van der Waals surface area contributed by atoms with E-state index in [-0.39, 0.29) is 12.1 Å². The van der Waals surface area contributed by atoms with Crippen LogP contribution in [0.2, 0.25) is 0 Å². The van der Waals surface area contributed by atoms with Crippen LogP contribution in [0.3, 0.4) is 0 Å². The zero-order chi connectivity index (χ0) is 12.6. The Hall–Kier alpha value is -1.98. The van der Waals surface area contributed by atoms with Crippen LogP contribution in [0.25, 0.3) is 0 Å². The zero-order valence-corrected chi connectivity index (χ0v) is 9.75. The summed E-state index contributed by atoms with van der Waals surface area (Å²) in [4.78, 5) is 28.7. The summed E-state index contributed by atoms with van der Waals surface area (Å²) in [5.41, 5.74) is 0.987. The van der Waals surface area contributed by atoms with E-state index in [1.807, 2.05) is 12.3 Å². The van der Waals surface area contributed by atoms with Crippen LogP contribution in [0.15, 0.2) is 18.5 Å². The Labute approximate surface area is 98.8 Å². The van der Waals surface area contributed by atoms with E-state index >= 15 is 0 Å². The molecule has 0 saturated carbocycles. The van der Waals surface area contributed by atoms with Crippen LogP contribution in [0, 0.1) is 0 Å². The maximum Gasteiger partial charge on any atom is 0.326 e. The summed E-state index contributed by atoms with van der Waals surface area (Å²) in [6.45, 7) is 1.92. The lowest BCUT2D eigenvalue weighted by Gasteiger charge is -2.19. The van der Waals surface area contributed by atoms with Gasteiger partial charge < -0.3 is 19.9 Å². The van der Waals surface area contributed by atoms with Crippen molar-refractivity contribution < 1.29 is 14.7 Å². The zero-order valence-electron chi connectivity index (χ0n) is 9.75. The van der Waals surface area contributed by atoms with Crippen LogP contribution in [0.5, 0.6) is 0 Å². The van der Waals surface area contributed by atoms with Crippen LogP contribution in [-0.2, 0) is 4.79 Å². The molecule has 0 aliphatic carbocycles. The Bertz CT molecular complexity index is 429. The minimum absolute atomic E-state index is 0.0875. The number of hydrogen-bond donors (Lipinski definition) is 2. The number of nitrogens with one attached hydrogen (secondary N) is 1. The number of hydrogen-bond acceptors (Lipinski definition) is 2. The molecule has 0 aromatic carbocycles. The Balaban J connectivity index is 2.20. The average molecular weight is 237 g/mol. The van der Waals surface area contributed by atoms with Crippen LogP contribution in [0.1, 0.15) is 18.5 Å². The van der Waals surface area contributed by atoms with E-state index in [2.05, 4.69) is 4.98 Å². The number of aliphatic carboxylic acids is 1. The number of H-pyrrole nitrogens is 1. The number of aromatic amines is 1. The van der Waals surface area contributed by atoms with Crippen molar-refractivity contribution in [3.8, 4) is 0 Å². The maximum atomic E-state index is 11.9. The van der Waals surface area contributed by atoms with E-state index in [1.54, 1.807) is 18.1 Å². The number of carboxylic acids is 1. The molecule has 1 aromatic rings. The number of carboxylic acid groups (broad SMARTS) is 1. The summed E-state index contributed by atoms with van der Waals surface area (Å²) in [5.74, 6) is -0.985. The van der Waals surface area contributed by atoms with Crippen molar-refractivity contribution >= 4 is 12.0 Å². The van der Waals surface area contributed by atoms with Crippen molar-refractivity contribution in [3.63, 3.8) is 0 Å². The first-order valence-corrected chi connectivity index (χ1v) is 5.41. The Morgan fingerprint density at radius 1 is 1.65 bits per heavy atom. The first-order valence-electron chi connectivity index (χ1n) is 5.41. The number of aromatic nitrogens is 1. The largest absolute Gasteiger partial charge is 0.480 e. The third-order valence-electron chi connectivity index (χ3n) is 3.22. The number of carbonyl (C=O) groups is 2. The van der Waals surface area contributed by atoms with Gasteiger partial charge in [0.15, 0.2) is 0 Å². The Morgan fingerprint density at radius 3 is 2.88 bits per heavy atom. The smallest absolute Gasteiger partial charge is 0.326 e. The van der Waals surface area contributed by atoms with Crippen LogP contribution < -0.4 is 0 Å². The molecule has 2 unspecified atom stereocenters. The van der Waals surface area contributed by atoms with Crippen LogP contribution in [0.4, 0.5) is 4.79 Å².